The molecule has 1 aliphatic carbocycles. The summed E-state index contributed by atoms with van der Waals surface area (Å²) < 4.78 is 0. The number of rotatable bonds is 7. The van der Waals surface area contributed by atoms with Gasteiger partial charge in [0.2, 0.25) is 5.91 Å². The second kappa shape index (κ2) is 8.11. The number of amides is 2. The molecule has 0 aliphatic heterocycles. The molecule has 23 heavy (non-hydrogen) atoms. The lowest BCUT2D eigenvalue weighted by Gasteiger charge is -2.21. The van der Waals surface area contributed by atoms with Gasteiger partial charge in [-0.25, -0.2) is 0 Å². The molecule has 0 radical (unpaired) electrons. The van der Waals surface area contributed by atoms with E-state index < -0.39 is 5.60 Å². The minimum absolute atomic E-state index is 0.0970. The predicted octanol–water partition coefficient (Wildman–Crippen LogP) is 2.14. The topological polar surface area (TPSA) is 78.4 Å². The molecule has 0 aromatic heterocycles. The maximum absolute atomic E-state index is 12.0. The van der Waals surface area contributed by atoms with Crippen LogP contribution in [0.5, 0.6) is 0 Å². The van der Waals surface area contributed by atoms with Crippen LogP contribution in [-0.2, 0) is 11.3 Å². The fraction of sp³-hybridized carbons (Fsp3) is 0.556. The summed E-state index contributed by atoms with van der Waals surface area (Å²) in [5.74, 6) is -0.240. The van der Waals surface area contributed by atoms with Gasteiger partial charge in [-0.3, -0.25) is 9.59 Å². The van der Waals surface area contributed by atoms with Gasteiger partial charge < -0.3 is 15.7 Å². The van der Waals surface area contributed by atoms with Gasteiger partial charge >= 0.3 is 0 Å². The average Bonchev–Trinajstić information content (AvgIpc) is 2.97. The molecule has 5 nitrogen and oxygen atoms in total. The van der Waals surface area contributed by atoms with Crippen LogP contribution in [-0.4, -0.2) is 29.1 Å². The zero-order valence-corrected chi connectivity index (χ0v) is 13.7. The number of hydrogen-bond donors (Lipinski definition) is 3. The Morgan fingerprint density at radius 2 is 1.96 bits per heavy atom. The molecule has 0 spiro atoms. The van der Waals surface area contributed by atoms with Gasteiger partial charge in [0, 0.05) is 18.7 Å². The van der Waals surface area contributed by atoms with Crippen LogP contribution in [0.4, 0.5) is 0 Å². The highest BCUT2D eigenvalue weighted by molar-refractivity contribution is 5.94. The number of carbonyl (C=O) groups excluding carboxylic acids is 2. The molecule has 2 amide bonds. The van der Waals surface area contributed by atoms with Crippen molar-refractivity contribution in [3.05, 3.63) is 35.4 Å². The SMILES string of the molecule is CCCNC(=O)c1cccc(CNC(=O)CC2(O)CCCC2)c1. The van der Waals surface area contributed by atoms with Crippen LogP contribution in [0.1, 0.15) is 61.4 Å². The molecule has 5 heteroatoms. The molecular weight excluding hydrogens is 292 g/mol. The summed E-state index contributed by atoms with van der Waals surface area (Å²) in [6.45, 7) is 3.02. The number of aliphatic hydroxyl groups is 1. The van der Waals surface area contributed by atoms with Crippen LogP contribution in [0.15, 0.2) is 24.3 Å². The Hall–Kier alpha value is -1.88. The smallest absolute Gasteiger partial charge is 0.251 e. The third-order valence-electron chi connectivity index (χ3n) is 4.24. The summed E-state index contributed by atoms with van der Waals surface area (Å²) in [5.41, 5.74) is 0.645. The van der Waals surface area contributed by atoms with Crippen LogP contribution in [0.2, 0.25) is 0 Å². The lowest BCUT2D eigenvalue weighted by molar-refractivity contribution is -0.126. The molecule has 0 bridgehead atoms. The molecule has 1 aromatic carbocycles. The Bertz CT molecular complexity index is 551. The van der Waals surface area contributed by atoms with Gasteiger partial charge in [0.25, 0.3) is 5.91 Å². The minimum atomic E-state index is -0.827. The molecule has 1 aromatic rings. The van der Waals surface area contributed by atoms with E-state index in [0.717, 1.165) is 24.8 Å². The summed E-state index contributed by atoms with van der Waals surface area (Å²) in [6, 6.07) is 7.24. The van der Waals surface area contributed by atoms with Crippen molar-refractivity contribution in [2.24, 2.45) is 0 Å². The van der Waals surface area contributed by atoms with E-state index in [0.29, 0.717) is 31.5 Å². The van der Waals surface area contributed by atoms with E-state index in [4.69, 9.17) is 0 Å². The molecule has 0 heterocycles. The van der Waals surface area contributed by atoms with E-state index in [2.05, 4.69) is 10.6 Å². The molecule has 1 fully saturated rings. The van der Waals surface area contributed by atoms with Gasteiger partial charge in [0.15, 0.2) is 0 Å². The number of benzene rings is 1. The highest BCUT2D eigenvalue weighted by Crippen LogP contribution is 2.32. The number of hydrogen-bond acceptors (Lipinski definition) is 3. The molecular formula is C18H26N2O3. The van der Waals surface area contributed by atoms with Crippen molar-refractivity contribution in [3.63, 3.8) is 0 Å². The molecule has 2 rings (SSSR count). The van der Waals surface area contributed by atoms with Gasteiger partial charge in [-0.1, -0.05) is 31.9 Å². The van der Waals surface area contributed by atoms with Crippen molar-refractivity contribution < 1.29 is 14.7 Å². The summed E-state index contributed by atoms with van der Waals surface area (Å²) in [7, 11) is 0. The fourth-order valence-corrected chi connectivity index (χ4v) is 2.94. The molecule has 126 valence electrons. The van der Waals surface area contributed by atoms with Crippen LogP contribution in [0.3, 0.4) is 0 Å². The quantitative estimate of drug-likeness (QED) is 0.721. The van der Waals surface area contributed by atoms with Crippen molar-refractivity contribution in [3.8, 4) is 0 Å². The molecule has 0 saturated heterocycles. The summed E-state index contributed by atoms with van der Waals surface area (Å²) in [4.78, 5) is 23.9. The van der Waals surface area contributed by atoms with Crippen LogP contribution in [0, 0.1) is 0 Å². The lowest BCUT2D eigenvalue weighted by Crippen LogP contribution is -2.34. The zero-order valence-electron chi connectivity index (χ0n) is 13.7. The van der Waals surface area contributed by atoms with Gasteiger partial charge in [0.1, 0.15) is 0 Å². The zero-order chi connectivity index (χ0) is 16.7. The molecule has 1 aliphatic rings. The standard InChI is InChI=1S/C18H26N2O3/c1-2-10-19-17(22)15-7-5-6-14(11-15)13-20-16(21)12-18(23)8-3-4-9-18/h5-7,11,23H,2-4,8-10,12-13H2,1H3,(H,19,22)(H,20,21). The monoisotopic (exact) mass is 318 g/mol. The van der Waals surface area contributed by atoms with Crippen molar-refractivity contribution in [2.75, 3.05) is 6.54 Å². The van der Waals surface area contributed by atoms with E-state index in [1.165, 1.54) is 0 Å². The van der Waals surface area contributed by atoms with E-state index in [9.17, 15) is 14.7 Å². The van der Waals surface area contributed by atoms with E-state index in [-0.39, 0.29) is 18.2 Å². The molecule has 0 unspecified atom stereocenters. The van der Waals surface area contributed by atoms with Gasteiger partial charge in [-0.05, 0) is 37.0 Å². The lowest BCUT2D eigenvalue weighted by atomic mass is 9.97. The van der Waals surface area contributed by atoms with E-state index >= 15 is 0 Å². The first-order valence-electron chi connectivity index (χ1n) is 8.39. The first-order valence-corrected chi connectivity index (χ1v) is 8.39. The van der Waals surface area contributed by atoms with E-state index in [1.54, 1.807) is 12.1 Å². The number of nitrogens with one attached hydrogen (secondary N) is 2. The maximum Gasteiger partial charge on any atom is 0.251 e. The first-order chi connectivity index (χ1) is 11.0. The Kier molecular flexibility index (Phi) is 6.16. The maximum atomic E-state index is 12.0. The average molecular weight is 318 g/mol. The minimum Gasteiger partial charge on any atom is -0.389 e. The third-order valence-corrected chi connectivity index (χ3v) is 4.24. The van der Waals surface area contributed by atoms with Crippen molar-refractivity contribution >= 4 is 11.8 Å². The molecule has 1 saturated carbocycles. The Balaban J connectivity index is 1.85. The Morgan fingerprint density at radius 1 is 1.22 bits per heavy atom. The number of carbonyl (C=O) groups is 2. The highest BCUT2D eigenvalue weighted by atomic mass is 16.3. The van der Waals surface area contributed by atoms with Crippen LogP contribution in [0.25, 0.3) is 0 Å². The van der Waals surface area contributed by atoms with Crippen molar-refractivity contribution in [2.45, 2.75) is 57.6 Å². The van der Waals surface area contributed by atoms with Crippen LogP contribution >= 0.6 is 0 Å². The highest BCUT2D eigenvalue weighted by Gasteiger charge is 2.33. The fourth-order valence-electron chi connectivity index (χ4n) is 2.94. The summed E-state index contributed by atoms with van der Waals surface area (Å²) in [5, 5.41) is 15.9. The first kappa shape index (κ1) is 17.5. The van der Waals surface area contributed by atoms with Gasteiger partial charge in [-0.2, -0.15) is 0 Å². The normalized spacial score (nSPS) is 16.1. The predicted molar refractivity (Wildman–Crippen MR) is 88.9 cm³/mol. The largest absolute Gasteiger partial charge is 0.389 e. The molecule has 3 N–H and O–H groups in total. The Morgan fingerprint density at radius 3 is 2.65 bits per heavy atom. The van der Waals surface area contributed by atoms with E-state index in [1.807, 2.05) is 19.1 Å². The van der Waals surface area contributed by atoms with Crippen LogP contribution < -0.4 is 10.6 Å². The van der Waals surface area contributed by atoms with Gasteiger partial charge in [0.05, 0.1) is 12.0 Å². The Labute approximate surface area is 137 Å². The third kappa shape index (κ3) is 5.36. The summed E-state index contributed by atoms with van der Waals surface area (Å²) in [6.07, 6.45) is 4.42. The second-order valence-electron chi connectivity index (χ2n) is 6.34. The van der Waals surface area contributed by atoms with Gasteiger partial charge in [-0.15, -0.1) is 0 Å². The van der Waals surface area contributed by atoms with Crippen molar-refractivity contribution in [1.82, 2.24) is 10.6 Å². The second-order valence-corrected chi connectivity index (χ2v) is 6.34. The molecule has 0 atom stereocenters. The van der Waals surface area contributed by atoms with Crippen molar-refractivity contribution in [1.29, 1.82) is 0 Å². The summed E-state index contributed by atoms with van der Waals surface area (Å²) >= 11 is 0.